The van der Waals surface area contributed by atoms with E-state index in [1.165, 1.54) is 64.4 Å². The summed E-state index contributed by atoms with van der Waals surface area (Å²) >= 11 is 0. The molecule has 0 aliphatic heterocycles. The number of hydroxylamine groups is 1. The molecule has 2 atom stereocenters. The Morgan fingerprint density at radius 2 is 1.16 bits per heavy atom. The number of ether oxygens (including phenoxy) is 1. The Morgan fingerprint density at radius 1 is 0.719 bits per heavy atom. The van der Waals surface area contributed by atoms with Crippen molar-refractivity contribution >= 4 is 14.2 Å². The van der Waals surface area contributed by atoms with Gasteiger partial charge in [-0.05, 0) is 60.5 Å². The standard InChI is InChI=1S/C33H42F17NO5Si/c1-18(2)57(19(3)4,56-16-15-55-23-12-10-22(11-13-23)24(52)20(5)8-7-9-21(6)25(53)51-54)17-14-26(34,35)27(36,37)28(38,39)29(40,41)30(42,43)31(44,45)32(46,47)33(48,49)50/h9-13,18-20,24,52,54H,7-8,14-17H2,1-6H3,(H,51,53)/b21-9+/t20-,24+/m0/s1. The number of amides is 1. The van der Waals surface area contributed by atoms with Crippen LogP contribution < -0.4 is 10.2 Å². The lowest BCUT2D eigenvalue weighted by atomic mass is 9.88. The number of alkyl halides is 17. The summed E-state index contributed by atoms with van der Waals surface area (Å²) in [6.45, 7) is 7.63. The Kier molecular flexibility index (Phi) is 16.6. The number of rotatable bonds is 22. The summed E-state index contributed by atoms with van der Waals surface area (Å²) in [6, 6.07) is 4.50. The average Bonchev–Trinajstić information content (AvgIpc) is 3.09. The molecule has 0 saturated carbocycles. The van der Waals surface area contributed by atoms with Crippen molar-refractivity contribution in [2.45, 2.75) is 132 Å². The average molecular weight is 884 g/mol. The molecule has 0 spiro atoms. The van der Waals surface area contributed by atoms with Gasteiger partial charge in [-0.2, -0.15) is 74.6 Å². The van der Waals surface area contributed by atoms with Crippen LogP contribution in [0.1, 0.15) is 72.5 Å². The SMILES string of the molecule is C/C(=C\CC[C@H](C)[C@@H](O)c1ccc(OCCO[Si](CCC(F)(F)C(F)(F)C(F)(F)C(F)(F)C(F)(F)C(F)(F)C(F)(F)C(F)(F)F)(C(C)C)C(C)C)cc1)C(=O)NO. The van der Waals surface area contributed by atoms with E-state index in [9.17, 15) is 84.5 Å². The fourth-order valence-corrected chi connectivity index (χ4v) is 10.2. The third-order valence-electron chi connectivity index (χ3n) is 9.59. The van der Waals surface area contributed by atoms with Gasteiger partial charge in [0.1, 0.15) is 12.4 Å². The summed E-state index contributed by atoms with van der Waals surface area (Å²) in [6.07, 6.45) is -8.96. The van der Waals surface area contributed by atoms with E-state index in [1.807, 2.05) is 0 Å². The van der Waals surface area contributed by atoms with Crippen molar-refractivity contribution in [3.05, 3.63) is 41.5 Å². The second-order valence-corrected chi connectivity index (χ2v) is 19.0. The lowest BCUT2D eigenvalue weighted by molar-refractivity contribution is -0.461. The van der Waals surface area contributed by atoms with Crippen LogP contribution in [0.25, 0.3) is 0 Å². The first-order chi connectivity index (χ1) is 25.5. The molecular formula is C33H42F17NO5Si. The zero-order valence-electron chi connectivity index (χ0n) is 31.0. The highest BCUT2D eigenvalue weighted by Crippen LogP contribution is 2.64. The first-order valence-electron chi connectivity index (χ1n) is 16.9. The van der Waals surface area contributed by atoms with Crippen molar-refractivity contribution < 1.29 is 98.9 Å². The molecule has 0 radical (unpaired) electrons. The van der Waals surface area contributed by atoms with Crippen LogP contribution in [0.4, 0.5) is 74.6 Å². The normalized spacial score (nSPS) is 15.9. The van der Waals surface area contributed by atoms with E-state index < -0.39 is 98.1 Å². The summed E-state index contributed by atoms with van der Waals surface area (Å²) < 4.78 is 245. The Morgan fingerprint density at radius 3 is 1.58 bits per heavy atom. The Labute approximate surface area is 316 Å². The minimum absolute atomic E-state index is 0.168. The van der Waals surface area contributed by atoms with E-state index in [1.54, 1.807) is 13.0 Å². The largest absolute Gasteiger partial charge is 0.491 e. The Balaban J connectivity index is 3.16. The van der Waals surface area contributed by atoms with Gasteiger partial charge in [-0.1, -0.05) is 52.8 Å². The molecule has 1 aromatic rings. The smallest absolute Gasteiger partial charge is 0.460 e. The molecule has 1 amide bonds. The summed E-state index contributed by atoms with van der Waals surface area (Å²) in [7, 11) is -3.95. The predicted octanol–water partition coefficient (Wildman–Crippen LogP) is 11.1. The molecule has 6 nitrogen and oxygen atoms in total. The van der Waals surface area contributed by atoms with Crippen molar-refractivity contribution in [2.24, 2.45) is 5.92 Å². The molecule has 24 heteroatoms. The van der Waals surface area contributed by atoms with Gasteiger partial charge in [0.2, 0.25) is 0 Å². The molecule has 0 aliphatic rings. The third-order valence-corrected chi connectivity index (χ3v) is 15.3. The van der Waals surface area contributed by atoms with E-state index >= 15 is 0 Å². The number of carbonyl (C=O) groups is 1. The fourth-order valence-electron chi connectivity index (χ4n) is 5.74. The Hall–Kier alpha value is -2.86. The minimum Gasteiger partial charge on any atom is -0.491 e. The number of hydrogen-bond donors (Lipinski definition) is 3. The maximum Gasteiger partial charge on any atom is 0.460 e. The lowest BCUT2D eigenvalue weighted by Crippen LogP contribution is -2.74. The second-order valence-electron chi connectivity index (χ2n) is 14.0. The second kappa shape index (κ2) is 18.2. The molecule has 0 unspecified atom stereocenters. The van der Waals surface area contributed by atoms with Gasteiger partial charge in [-0.3, -0.25) is 10.0 Å². The highest BCUT2D eigenvalue weighted by atomic mass is 28.4. The van der Waals surface area contributed by atoms with Crippen LogP contribution in [0.5, 0.6) is 5.75 Å². The van der Waals surface area contributed by atoms with Gasteiger partial charge in [0.15, 0.2) is 8.32 Å². The number of allylic oxidation sites excluding steroid dienone is 1. The topological polar surface area (TPSA) is 88.0 Å². The number of halogens is 17. The third kappa shape index (κ3) is 10.1. The molecule has 1 rings (SSSR count). The molecule has 0 bridgehead atoms. The number of carbonyl (C=O) groups excluding carboxylic acids is 1. The van der Waals surface area contributed by atoms with Crippen molar-refractivity contribution in [1.29, 1.82) is 0 Å². The highest BCUT2D eigenvalue weighted by Gasteiger charge is 2.95. The van der Waals surface area contributed by atoms with Crippen LogP contribution in [0.2, 0.25) is 17.1 Å². The van der Waals surface area contributed by atoms with E-state index in [-0.39, 0.29) is 23.8 Å². The zero-order valence-corrected chi connectivity index (χ0v) is 32.0. The van der Waals surface area contributed by atoms with Crippen LogP contribution in [0.3, 0.4) is 0 Å². The molecule has 332 valence electrons. The van der Waals surface area contributed by atoms with E-state index in [4.69, 9.17) is 14.4 Å². The lowest BCUT2D eigenvalue weighted by Gasteiger charge is -2.44. The van der Waals surface area contributed by atoms with Gasteiger partial charge in [-0.25, -0.2) is 5.48 Å². The highest BCUT2D eigenvalue weighted by molar-refractivity contribution is 6.76. The first-order valence-corrected chi connectivity index (χ1v) is 19.1. The van der Waals surface area contributed by atoms with E-state index in [0.717, 1.165) is 0 Å². The molecule has 0 aromatic heterocycles. The van der Waals surface area contributed by atoms with Gasteiger partial charge in [0.25, 0.3) is 5.91 Å². The van der Waals surface area contributed by atoms with Crippen LogP contribution in [0, 0.1) is 5.92 Å². The van der Waals surface area contributed by atoms with Crippen LogP contribution >= 0.6 is 0 Å². The number of aliphatic hydroxyl groups is 1. The number of nitrogens with one attached hydrogen (secondary N) is 1. The van der Waals surface area contributed by atoms with Crippen LogP contribution in [-0.4, -0.2) is 85.4 Å². The van der Waals surface area contributed by atoms with Crippen molar-refractivity contribution in [2.75, 3.05) is 13.2 Å². The van der Waals surface area contributed by atoms with Crippen molar-refractivity contribution in [3.63, 3.8) is 0 Å². The number of hydrogen-bond acceptors (Lipinski definition) is 5. The fraction of sp³-hybridized carbons (Fsp3) is 0.727. The summed E-state index contributed by atoms with van der Waals surface area (Å²) in [4.78, 5) is 11.4. The number of aliphatic hydroxyl groups excluding tert-OH is 1. The van der Waals surface area contributed by atoms with Crippen molar-refractivity contribution in [1.82, 2.24) is 5.48 Å². The summed E-state index contributed by atoms with van der Waals surface area (Å²) in [5, 5.41) is 19.3. The van der Waals surface area contributed by atoms with Crippen molar-refractivity contribution in [3.8, 4) is 5.75 Å². The molecule has 0 aliphatic carbocycles. The molecular weight excluding hydrogens is 841 g/mol. The van der Waals surface area contributed by atoms with Gasteiger partial charge in [-0.15, -0.1) is 0 Å². The first kappa shape index (κ1) is 52.2. The summed E-state index contributed by atoms with van der Waals surface area (Å²) in [5.74, 6) is -57.5. The molecule has 1 aromatic carbocycles. The molecule has 3 N–H and O–H groups in total. The van der Waals surface area contributed by atoms with Gasteiger partial charge in [0.05, 0.1) is 12.7 Å². The summed E-state index contributed by atoms with van der Waals surface area (Å²) in [5.41, 5.74) is 0.470. The zero-order chi connectivity index (χ0) is 45.0. The maximum atomic E-state index is 14.9. The van der Waals surface area contributed by atoms with E-state index in [2.05, 4.69) is 0 Å². The molecule has 57 heavy (non-hydrogen) atoms. The van der Waals surface area contributed by atoms with E-state index in [0.29, 0.717) is 18.4 Å². The monoisotopic (exact) mass is 883 g/mol. The van der Waals surface area contributed by atoms with Gasteiger partial charge >= 0.3 is 47.6 Å². The molecule has 0 fully saturated rings. The predicted molar refractivity (Wildman–Crippen MR) is 171 cm³/mol. The minimum atomic E-state index is -8.68. The maximum absolute atomic E-state index is 14.9. The quantitative estimate of drug-likeness (QED) is 0.0270. The molecule has 0 saturated heterocycles. The number of benzene rings is 1. The van der Waals surface area contributed by atoms with Gasteiger partial charge < -0.3 is 14.3 Å². The van der Waals surface area contributed by atoms with Gasteiger partial charge in [0, 0.05) is 12.0 Å². The van der Waals surface area contributed by atoms with Crippen LogP contribution in [-0.2, 0) is 9.22 Å². The van der Waals surface area contributed by atoms with Crippen LogP contribution in [0.15, 0.2) is 35.9 Å². The Bertz CT molecular complexity index is 1490. The molecule has 0 heterocycles.